The fourth-order valence-electron chi connectivity index (χ4n) is 2.54. The summed E-state index contributed by atoms with van der Waals surface area (Å²) >= 11 is 0. The number of hydrogen-bond acceptors (Lipinski definition) is 4. The van der Waals surface area contributed by atoms with Gasteiger partial charge in [0.15, 0.2) is 0 Å². The molecule has 0 bridgehead atoms. The molecule has 1 aromatic heterocycles. The first-order valence-electron chi connectivity index (χ1n) is 6.88. The number of rotatable bonds is 4. The Morgan fingerprint density at radius 1 is 1.17 bits per heavy atom. The van der Waals surface area contributed by atoms with E-state index in [2.05, 4.69) is 10.2 Å². The number of aryl methyl sites for hydroxylation is 1. The molecule has 1 heterocycles. The molecule has 0 radical (unpaired) electrons. The number of nitrogens with two attached hydrogens (primary N) is 1. The Bertz CT molecular complexity index is 400. The van der Waals surface area contributed by atoms with Gasteiger partial charge in [-0.3, -0.25) is 0 Å². The number of hydrogen-bond donors (Lipinski definition) is 1. The molecule has 0 aliphatic heterocycles. The topological polar surface area (TPSA) is 61.0 Å². The summed E-state index contributed by atoms with van der Waals surface area (Å²) in [4.78, 5) is 0. The highest BCUT2D eigenvalue weighted by atomic mass is 16.5. The molecule has 0 unspecified atom stereocenters. The summed E-state index contributed by atoms with van der Waals surface area (Å²) in [6.07, 6.45) is 6.58. The molecule has 1 fully saturated rings. The van der Waals surface area contributed by atoms with Crippen molar-refractivity contribution in [2.24, 2.45) is 11.7 Å². The molecule has 1 aliphatic rings. The van der Waals surface area contributed by atoms with E-state index >= 15 is 0 Å². The Kier molecular flexibility index (Phi) is 4.53. The van der Waals surface area contributed by atoms with E-state index in [0.29, 0.717) is 18.3 Å². The molecule has 2 rings (SSSR count). The average molecular weight is 249 g/mol. The van der Waals surface area contributed by atoms with Crippen molar-refractivity contribution in [3.05, 3.63) is 16.8 Å². The Labute approximate surface area is 109 Å². The van der Waals surface area contributed by atoms with Crippen LogP contribution in [0.2, 0.25) is 0 Å². The zero-order valence-corrected chi connectivity index (χ0v) is 11.4. The molecule has 1 saturated carbocycles. The van der Waals surface area contributed by atoms with Gasteiger partial charge in [0.2, 0.25) is 5.88 Å². The first-order chi connectivity index (χ1) is 8.72. The van der Waals surface area contributed by atoms with Crippen molar-refractivity contribution in [2.75, 3.05) is 6.61 Å². The highest BCUT2D eigenvalue weighted by molar-refractivity contribution is 5.35. The maximum atomic E-state index is 5.85. The van der Waals surface area contributed by atoms with Crippen LogP contribution in [0.4, 0.5) is 0 Å². The van der Waals surface area contributed by atoms with Crippen molar-refractivity contribution in [3.8, 4) is 5.88 Å². The van der Waals surface area contributed by atoms with Crippen LogP contribution in [0.25, 0.3) is 0 Å². The minimum absolute atomic E-state index is 0.461. The highest BCUT2D eigenvalue weighted by Crippen LogP contribution is 2.26. The van der Waals surface area contributed by atoms with Gasteiger partial charge >= 0.3 is 0 Å². The summed E-state index contributed by atoms with van der Waals surface area (Å²) in [5.74, 6) is 1.30. The van der Waals surface area contributed by atoms with E-state index in [1.165, 1.54) is 32.1 Å². The second kappa shape index (κ2) is 6.14. The predicted molar refractivity (Wildman–Crippen MR) is 71.5 cm³/mol. The van der Waals surface area contributed by atoms with E-state index < -0.39 is 0 Å². The van der Waals surface area contributed by atoms with E-state index in [1.807, 2.05) is 13.8 Å². The lowest BCUT2D eigenvalue weighted by atomic mass is 9.90. The minimum Gasteiger partial charge on any atom is -0.476 e. The van der Waals surface area contributed by atoms with Gasteiger partial charge in [-0.2, -0.15) is 5.10 Å². The van der Waals surface area contributed by atoms with Crippen molar-refractivity contribution in [1.29, 1.82) is 0 Å². The van der Waals surface area contributed by atoms with Crippen LogP contribution in [-0.4, -0.2) is 16.8 Å². The van der Waals surface area contributed by atoms with Gasteiger partial charge in [-0.15, -0.1) is 5.10 Å². The molecule has 0 spiro atoms. The summed E-state index contributed by atoms with van der Waals surface area (Å²) < 4.78 is 5.85. The van der Waals surface area contributed by atoms with Gasteiger partial charge < -0.3 is 10.5 Å². The fourth-order valence-corrected chi connectivity index (χ4v) is 2.54. The molecule has 0 saturated heterocycles. The van der Waals surface area contributed by atoms with Crippen LogP contribution in [0.1, 0.15) is 48.9 Å². The molecule has 1 aliphatic carbocycles. The maximum absolute atomic E-state index is 5.85. The van der Waals surface area contributed by atoms with E-state index in [-0.39, 0.29) is 0 Å². The Morgan fingerprint density at radius 2 is 1.89 bits per heavy atom. The Hall–Kier alpha value is -1.16. The first kappa shape index (κ1) is 13.3. The maximum Gasteiger partial charge on any atom is 0.238 e. The number of aromatic nitrogens is 2. The zero-order valence-electron chi connectivity index (χ0n) is 11.4. The third-order valence-corrected chi connectivity index (χ3v) is 3.93. The third kappa shape index (κ3) is 2.99. The van der Waals surface area contributed by atoms with Gasteiger partial charge in [0.25, 0.3) is 0 Å². The van der Waals surface area contributed by atoms with Gasteiger partial charge in [0.05, 0.1) is 12.3 Å². The lowest BCUT2D eigenvalue weighted by Crippen LogP contribution is -2.17. The van der Waals surface area contributed by atoms with Crippen molar-refractivity contribution in [1.82, 2.24) is 10.2 Å². The van der Waals surface area contributed by atoms with Crippen molar-refractivity contribution in [2.45, 2.75) is 52.5 Å². The van der Waals surface area contributed by atoms with Crippen LogP contribution in [0.15, 0.2) is 0 Å². The lowest BCUT2D eigenvalue weighted by Gasteiger charge is -2.22. The van der Waals surface area contributed by atoms with Crippen LogP contribution < -0.4 is 10.5 Å². The molecule has 0 amide bonds. The number of ether oxygens (including phenoxy) is 1. The normalized spacial score (nSPS) is 16.8. The van der Waals surface area contributed by atoms with Crippen molar-refractivity contribution < 1.29 is 4.74 Å². The van der Waals surface area contributed by atoms with Crippen LogP contribution in [0.3, 0.4) is 0 Å². The Morgan fingerprint density at radius 3 is 2.56 bits per heavy atom. The summed E-state index contributed by atoms with van der Waals surface area (Å²) in [6.45, 7) is 5.19. The van der Waals surface area contributed by atoms with Gasteiger partial charge in [-0.25, -0.2) is 0 Å². The molecule has 100 valence electrons. The van der Waals surface area contributed by atoms with Gasteiger partial charge in [0.1, 0.15) is 0 Å². The van der Waals surface area contributed by atoms with Crippen LogP contribution in [-0.2, 0) is 6.54 Å². The van der Waals surface area contributed by atoms with E-state index in [1.54, 1.807) is 0 Å². The fraction of sp³-hybridized carbons (Fsp3) is 0.714. The van der Waals surface area contributed by atoms with E-state index in [4.69, 9.17) is 10.5 Å². The average Bonchev–Trinajstić information content (AvgIpc) is 2.41. The predicted octanol–water partition coefficient (Wildman–Crippen LogP) is 2.51. The Balaban J connectivity index is 2.02. The van der Waals surface area contributed by atoms with E-state index in [0.717, 1.165) is 23.4 Å². The molecule has 1 aromatic rings. The molecule has 2 N–H and O–H groups in total. The largest absolute Gasteiger partial charge is 0.476 e. The van der Waals surface area contributed by atoms with Crippen molar-refractivity contribution in [3.63, 3.8) is 0 Å². The van der Waals surface area contributed by atoms with Gasteiger partial charge in [0, 0.05) is 12.1 Å². The molecule has 18 heavy (non-hydrogen) atoms. The SMILES string of the molecule is Cc1nnc(OCC2CCCCC2)c(CN)c1C. The molecule has 0 aromatic carbocycles. The standard InChI is InChI=1S/C14H23N3O/c1-10-11(2)16-17-14(13(10)8-15)18-9-12-6-4-3-5-7-12/h12H,3-9,15H2,1-2H3. The highest BCUT2D eigenvalue weighted by Gasteiger charge is 2.16. The quantitative estimate of drug-likeness (QED) is 0.890. The first-order valence-corrected chi connectivity index (χ1v) is 6.88. The molecule has 4 nitrogen and oxygen atoms in total. The summed E-state index contributed by atoms with van der Waals surface area (Å²) in [5, 5.41) is 8.26. The molecular formula is C14H23N3O. The molecule has 4 heteroatoms. The molecular weight excluding hydrogens is 226 g/mol. The molecule has 0 atom stereocenters. The number of nitrogens with zero attached hydrogens (tertiary/aromatic N) is 2. The monoisotopic (exact) mass is 249 g/mol. The lowest BCUT2D eigenvalue weighted by molar-refractivity contribution is 0.199. The van der Waals surface area contributed by atoms with Gasteiger partial charge in [-0.1, -0.05) is 19.3 Å². The summed E-state index contributed by atoms with van der Waals surface area (Å²) in [5.41, 5.74) is 8.81. The minimum atomic E-state index is 0.461. The smallest absolute Gasteiger partial charge is 0.238 e. The van der Waals surface area contributed by atoms with Crippen molar-refractivity contribution >= 4 is 0 Å². The van der Waals surface area contributed by atoms with Gasteiger partial charge in [-0.05, 0) is 38.2 Å². The zero-order chi connectivity index (χ0) is 13.0. The second-order valence-electron chi connectivity index (χ2n) is 5.21. The van der Waals surface area contributed by atoms with Crippen LogP contribution in [0.5, 0.6) is 5.88 Å². The van der Waals surface area contributed by atoms with E-state index in [9.17, 15) is 0 Å². The van der Waals surface area contributed by atoms with Crippen LogP contribution >= 0.6 is 0 Å². The second-order valence-corrected chi connectivity index (χ2v) is 5.21. The summed E-state index contributed by atoms with van der Waals surface area (Å²) in [6, 6.07) is 0. The summed E-state index contributed by atoms with van der Waals surface area (Å²) in [7, 11) is 0. The van der Waals surface area contributed by atoms with Crippen LogP contribution in [0, 0.1) is 19.8 Å². The third-order valence-electron chi connectivity index (χ3n) is 3.93.